The molecule has 0 saturated carbocycles. The molecule has 0 N–H and O–H groups in total. The van der Waals surface area contributed by atoms with Crippen molar-refractivity contribution in [2.45, 2.75) is 62.3 Å². The first-order valence-electron chi connectivity index (χ1n) is 11.0. The maximum atomic E-state index is 6.44. The number of hydrogen-bond donors (Lipinski definition) is 0. The van der Waals surface area contributed by atoms with Gasteiger partial charge < -0.3 is 44.3 Å². The van der Waals surface area contributed by atoms with E-state index in [9.17, 15) is 0 Å². The molecule has 0 aliphatic carbocycles. The van der Waals surface area contributed by atoms with Gasteiger partial charge in [-0.2, -0.15) is 0 Å². The summed E-state index contributed by atoms with van der Waals surface area (Å²) >= 11 is 0. The van der Waals surface area contributed by atoms with Crippen molar-refractivity contribution in [3.05, 3.63) is 0 Å². The molecule has 200 valence electrons. The highest BCUT2D eigenvalue weighted by molar-refractivity contribution is 6.63. The van der Waals surface area contributed by atoms with Crippen LogP contribution in [0.1, 0.15) is 40.0 Å². The molecule has 0 bridgehead atoms. The van der Waals surface area contributed by atoms with Crippen LogP contribution in [0.2, 0.25) is 16.6 Å². The lowest BCUT2D eigenvalue weighted by Gasteiger charge is -2.45. The molecular formula is C19H48O10Si4. The van der Waals surface area contributed by atoms with Crippen LogP contribution in [-0.4, -0.2) is 106 Å². The van der Waals surface area contributed by atoms with E-state index in [2.05, 4.69) is 20.8 Å². The molecule has 0 rings (SSSR count). The minimum absolute atomic E-state index is 0.0433. The average Bonchev–Trinajstić information content (AvgIpc) is 2.83. The second kappa shape index (κ2) is 14.9. The first-order chi connectivity index (χ1) is 15.5. The van der Waals surface area contributed by atoms with Gasteiger partial charge in [-0.15, -0.1) is 0 Å². The molecule has 0 aromatic carbocycles. The van der Waals surface area contributed by atoms with E-state index in [-0.39, 0.29) is 16.6 Å². The molecule has 0 aromatic rings. The smallest absolute Gasteiger partial charge is 0.422 e. The summed E-state index contributed by atoms with van der Waals surface area (Å²) in [4.78, 5) is 0. The fourth-order valence-electron chi connectivity index (χ4n) is 5.11. The number of rotatable bonds is 19. The zero-order valence-electron chi connectivity index (χ0n) is 22.9. The third kappa shape index (κ3) is 7.48. The lowest BCUT2D eigenvalue weighted by atomic mass is 9.87. The van der Waals surface area contributed by atoms with E-state index in [4.69, 9.17) is 44.3 Å². The van der Waals surface area contributed by atoms with E-state index < -0.39 is 32.0 Å². The van der Waals surface area contributed by atoms with Gasteiger partial charge in [0, 0.05) is 80.6 Å². The van der Waals surface area contributed by atoms with E-state index >= 15 is 0 Å². The average molecular weight is 549 g/mol. The molecule has 0 spiro atoms. The molecule has 3 atom stereocenters. The standard InChI is InChI=1S/C19H48O10Si4/c1-16(31(20-4,21-5)22-6)13-19(29-30,14-17(2)32(23-7,24-8)25-9)15-18(3)33(26-10,27-11)28-12/h16-18H,13-15H2,1-12,30H3. The highest BCUT2D eigenvalue weighted by Crippen LogP contribution is 2.46. The van der Waals surface area contributed by atoms with Gasteiger partial charge in [-0.05, 0) is 19.3 Å². The molecule has 0 aliphatic rings. The molecule has 0 saturated heterocycles. The Labute approximate surface area is 207 Å². The Balaban J connectivity index is 6.39. The quantitative estimate of drug-likeness (QED) is 0.223. The predicted molar refractivity (Wildman–Crippen MR) is 136 cm³/mol. The van der Waals surface area contributed by atoms with Crippen LogP contribution in [-0.2, 0) is 44.3 Å². The Hall–Kier alpha value is 0.468. The molecule has 33 heavy (non-hydrogen) atoms. The third-order valence-electron chi connectivity index (χ3n) is 6.84. The molecule has 0 radical (unpaired) electrons. The summed E-state index contributed by atoms with van der Waals surface area (Å²) in [5.41, 5.74) is -0.713. The molecule has 14 heteroatoms. The van der Waals surface area contributed by atoms with Crippen molar-refractivity contribution < 1.29 is 44.3 Å². The van der Waals surface area contributed by atoms with Crippen LogP contribution >= 0.6 is 0 Å². The van der Waals surface area contributed by atoms with Gasteiger partial charge in [0.2, 0.25) is 0 Å². The van der Waals surface area contributed by atoms with Crippen molar-refractivity contribution in [2.24, 2.45) is 0 Å². The summed E-state index contributed by atoms with van der Waals surface area (Å²) in [5, 5.41) is 0. The Bertz CT molecular complexity index is 439. The molecule has 0 amide bonds. The minimum Gasteiger partial charge on any atom is -0.422 e. The van der Waals surface area contributed by atoms with E-state index in [0.717, 1.165) is 0 Å². The first kappa shape index (κ1) is 33.5. The Morgan fingerprint density at radius 3 is 0.788 bits per heavy atom. The molecule has 0 fully saturated rings. The van der Waals surface area contributed by atoms with E-state index in [1.54, 1.807) is 64.0 Å². The summed E-state index contributed by atoms with van der Waals surface area (Å²) in [5.74, 6) is 0. The van der Waals surface area contributed by atoms with Crippen molar-refractivity contribution in [3.8, 4) is 0 Å². The van der Waals surface area contributed by atoms with Crippen LogP contribution in [0.4, 0.5) is 0 Å². The third-order valence-corrected chi connectivity index (χ3v) is 17.1. The van der Waals surface area contributed by atoms with Crippen LogP contribution in [0, 0.1) is 0 Å². The molecule has 0 heterocycles. The SMILES string of the molecule is CO[Si](OC)(OC)C(C)CC(CC(C)[Si](OC)(OC)OC)(CC(C)[Si](OC)(OC)OC)O[SiH3]. The van der Waals surface area contributed by atoms with Crippen LogP contribution in [0.3, 0.4) is 0 Å². The summed E-state index contributed by atoms with van der Waals surface area (Å²) in [7, 11) is 6.40. The number of hydrogen-bond acceptors (Lipinski definition) is 10. The van der Waals surface area contributed by atoms with Gasteiger partial charge in [-0.25, -0.2) is 0 Å². The maximum absolute atomic E-state index is 6.44. The van der Waals surface area contributed by atoms with Crippen LogP contribution < -0.4 is 0 Å². The van der Waals surface area contributed by atoms with E-state index in [1.807, 2.05) is 0 Å². The van der Waals surface area contributed by atoms with Crippen molar-refractivity contribution in [3.63, 3.8) is 0 Å². The highest BCUT2D eigenvalue weighted by Gasteiger charge is 2.55. The lowest BCUT2D eigenvalue weighted by molar-refractivity contribution is 0.0139. The van der Waals surface area contributed by atoms with Gasteiger partial charge in [0.15, 0.2) is 0 Å². The zero-order chi connectivity index (χ0) is 25.9. The Morgan fingerprint density at radius 1 is 0.485 bits per heavy atom. The monoisotopic (exact) mass is 548 g/mol. The van der Waals surface area contributed by atoms with Crippen molar-refractivity contribution >= 4 is 36.9 Å². The van der Waals surface area contributed by atoms with Gasteiger partial charge in [-0.3, -0.25) is 0 Å². The highest BCUT2D eigenvalue weighted by atomic mass is 28.4. The van der Waals surface area contributed by atoms with Gasteiger partial charge in [-0.1, -0.05) is 20.8 Å². The van der Waals surface area contributed by atoms with Crippen LogP contribution in [0.25, 0.3) is 0 Å². The molecule has 0 aliphatic heterocycles. The molecule has 3 unspecified atom stereocenters. The summed E-state index contributed by atoms with van der Waals surface area (Å²) in [6.07, 6.45) is 1.91. The molecular weight excluding hydrogens is 501 g/mol. The fourth-order valence-corrected chi connectivity index (χ4v) is 12.6. The zero-order valence-corrected chi connectivity index (χ0v) is 27.9. The largest absolute Gasteiger partial charge is 0.503 e. The molecule has 10 nitrogen and oxygen atoms in total. The van der Waals surface area contributed by atoms with Gasteiger partial charge in [0.25, 0.3) is 0 Å². The minimum atomic E-state index is -2.92. The van der Waals surface area contributed by atoms with Crippen molar-refractivity contribution in [1.29, 1.82) is 0 Å². The lowest BCUT2D eigenvalue weighted by Crippen LogP contribution is -2.54. The summed E-state index contributed by atoms with van der Waals surface area (Å²) < 4.78 is 58.5. The van der Waals surface area contributed by atoms with Crippen molar-refractivity contribution in [1.82, 2.24) is 0 Å². The van der Waals surface area contributed by atoms with Gasteiger partial charge in [0.05, 0.1) is 5.60 Å². The van der Waals surface area contributed by atoms with Gasteiger partial charge >= 0.3 is 26.4 Å². The normalized spacial score (nSPS) is 18.2. The fraction of sp³-hybridized carbons (Fsp3) is 1.00. The maximum Gasteiger partial charge on any atom is 0.503 e. The van der Waals surface area contributed by atoms with Gasteiger partial charge in [0.1, 0.15) is 10.5 Å². The Kier molecular flexibility index (Phi) is 15.1. The second-order valence-electron chi connectivity index (χ2n) is 8.35. The van der Waals surface area contributed by atoms with Crippen molar-refractivity contribution in [2.75, 3.05) is 64.0 Å². The second-order valence-corrected chi connectivity index (χ2v) is 19.0. The van der Waals surface area contributed by atoms with Crippen LogP contribution in [0.5, 0.6) is 0 Å². The molecule has 0 aromatic heterocycles. The van der Waals surface area contributed by atoms with E-state index in [1.165, 1.54) is 0 Å². The predicted octanol–water partition coefficient (Wildman–Crippen LogP) is 2.00. The first-order valence-corrected chi connectivity index (χ1v) is 17.2. The summed E-state index contributed by atoms with van der Waals surface area (Å²) in [6.45, 7) is 6.23. The topological polar surface area (TPSA) is 92.3 Å². The van der Waals surface area contributed by atoms with E-state index in [0.29, 0.717) is 29.7 Å². The summed E-state index contributed by atoms with van der Waals surface area (Å²) in [6, 6.07) is 0. The Morgan fingerprint density at radius 2 is 0.667 bits per heavy atom. The van der Waals surface area contributed by atoms with Crippen LogP contribution in [0.15, 0.2) is 0 Å².